The van der Waals surface area contributed by atoms with Gasteiger partial charge in [-0.25, -0.2) is 0 Å². The van der Waals surface area contributed by atoms with Gasteiger partial charge in [0.2, 0.25) is 4.96 Å². The SMILES string of the molecule is CNc1ccc(-c2nnc3sc(C(C)C)nn23)cc1. The second kappa shape index (κ2) is 4.62. The van der Waals surface area contributed by atoms with E-state index in [0.717, 1.165) is 27.0 Å². The Morgan fingerprint density at radius 2 is 1.89 bits per heavy atom. The zero-order valence-electron chi connectivity index (χ0n) is 11.1. The van der Waals surface area contributed by atoms with Crippen molar-refractivity contribution in [3.8, 4) is 11.4 Å². The van der Waals surface area contributed by atoms with E-state index in [9.17, 15) is 0 Å². The molecule has 6 heteroatoms. The molecule has 1 N–H and O–H groups in total. The lowest BCUT2D eigenvalue weighted by atomic mass is 10.2. The highest BCUT2D eigenvalue weighted by molar-refractivity contribution is 7.16. The van der Waals surface area contributed by atoms with Crippen molar-refractivity contribution < 1.29 is 0 Å². The highest BCUT2D eigenvalue weighted by Crippen LogP contribution is 2.25. The van der Waals surface area contributed by atoms with E-state index in [4.69, 9.17) is 0 Å². The summed E-state index contributed by atoms with van der Waals surface area (Å²) in [6.45, 7) is 4.26. The number of nitrogens with one attached hydrogen (secondary N) is 1. The highest BCUT2D eigenvalue weighted by atomic mass is 32.1. The van der Waals surface area contributed by atoms with Gasteiger partial charge in [0.05, 0.1) is 0 Å². The summed E-state index contributed by atoms with van der Waals surface area (Å²) >= 11 is 1.59. The monoisotopic (exact) mass is 273 g/mol. The molecule has 0 aliphatic rings. The minimum Gasteiger partial charge on any atom is -0.388 e. The predicted octanol–water partition coefficient (Wildman–Crippen LogP) is 3.02. The largest absolute Gasteiger partial charge is 0.388 e. The lowest BCUT2D eigenvalue weighted by Gasteiger charge is -2.01. The van der Waals surface area contributed by atoms with Crippen LogP contribution in [-0.2, 0) is 0 Å². The van der Waals surface area contributed by atoms with Crippen LogP contribution >= 0.6 is 11.3 Å². The molecule has 0 saturated carbocycles. The van der Waals surface area contributed by atoms with Crippen molar-refractivity contribution in [3.05, 3.63) is 29.3 Å². The number of hydrogen-bond donors (Lipinski definition) is 1. The topological polar surface area (TPSA) is 55.1 Å². The molecular formula is C13H15N5S. The molecule has 0 spiro atoms. The molecule has 3 rings (SSSR count). The summed E-state index contributed by atoms with van der Waals surface area (Å²) in [6, 6.07) is 8.09. The van der Waals surface area contributed by atoms with Crippen LogP contribution in [0.3, 0.4) is 0 Å². The van der Waals surface area contributed by atoms with Gasteiger partial charge >= 0.3 is 0 Å². The molecule has 0 aliphatic carbocycles. The molecule has 98 valence electrons. The van der Waals surface area contributed by atoms with E-state index in [0.29, 0.717) is 5.92 Å². The molecule has 2 heterocycles. The molecule has 5 nitrogen and oxygen atoms in total. The average Bonchev–Trinajstić information content (AvgIpc) is 2.98. The minimum absolute atomic E-state index is 0.409. The molecule has 1 aromatic carbocycles. The van der Waals surface area contributed by atoms with Gasteiger partial charge in [0.1, 0.15) is 5.01 Å². The van der Waals surface area contributed by atoms with Gasteiger partial charge in [-0.1, -0.05) is 25.2 Å². The molecule has 19 heavy (non-hydrogen) atoms. The molecule has 0 fully saturated rings. The maximum absolute atomic E-state index is 4.59. The van der Waals surface area contributed by atoms with Crippen LogP contribution in [-0.4, -0.2) is 26.9 Å². The van der Waals surface area contributed by atoms with E-state index in [1.807, 2.05) is 35.8 Å². The Labute approximate surface area is 115 Å². The fraction of sp³-hybridized carbons (Fsp3) is 0.308. The van der Waals surface area contributed by atoms with Gasteiger partial charge in [-0.15, -0.1) is 10.2 Å². The third-order valence-corrected chi connectivity index (χ3v) is 4.13. The van der Waals surface area contributed by atoms with Crippen molar-refractivity contribution in [2.75, 3.05) is 12.4 Å². The van der Waals surface area contributed by atoms with Crippen LogP contribution in [0.5, 0.6) is 0 Å². The maximum Gasteiger partial charge on any atom is 0.234 e. The summed E-state index contributed by atoms with van der Waals surface area (Å²) in [5, 5.41) is 17.2. The summed E-state index contributed by atoms with van der Waals surface area (Å²) < 4.78 is 1.83. The predicted molar refractivity (Wildman–Crippen MR) is 77.7 cm³/mol. The number of benzene rings is 1. The second-order valence-electron chi connectivity index (χ2n) is 4.64. The lowest BCUT2D eigenvalue weighted by molar-refractivity contribution is 0.802. The Morgan fingerprint density at radius 1 is 1.16 bits per heavy atom. The third-order valence-electron chi connectivity index (χ3n) is 2.93. The van der Waals surface area contributed by atoms with Crippen LogP contribution in [0.2, 0.25) is 0 Å². The fourth-order valence-corrected chi connectivity index (χ4v) is 2.67. The number of anilines is 1. The number of aromatic nitrogens is 4. The summed E-state index contributed by atoms with van der Waals surface area (Å²) in [5.74, 6) is 1.20. The van der Waals surface area contributed by atoms with Crippen molar-refractivity contribution in [2.45, 2.75) is 19.8 Å². The van der Waals surface area contributed by atoms with E-state index in [1.54, 1.807) is 11.3 Å². The van der Waals surface area contributed by atoms with E-state index in [2.05, 4.69) is 34.5 Å². The third kappa shape index (κ3) is 2.08. The lowest BCUT2D eigenvalue weighted by Crippen LogP contribution is -1.94. The molecular weight excluding hydrogens is 258 g/mol. The second-order valence-corrected chi connectivity index (χ2v) is 5.63. The highest BCUT2D eigenvalue weighted by Gasteiger charge is 2.14. The minimum atomic E-state index is 0.409. The molecule has 0 aliphatic heterocycles. The molecule has 0 unspecified atom stereocenters. The van der Waals surface area contributed by atoms with Gasteiger partial charge in [-0.3, -0.25) is 0 Å². The van der Waals surface area contributed by atoms with Crippen LogP contribution in [0, 0.1) is 0 Å². The summed E-state index contributed by atoms with van der Waals surface area (Å²) in [7, 11) is 1.90. The molecule has 2 aromatic heterocycles. The standard InChI is InChI=1S/C13H15N5S/c1-8(2)12-17-18-11(15-16-13(18)19-12)9-4-6-10(14-3)7-5-9/h4-8,14H,1-3H3. The van der Waals surface area contributed by atoms with Crippen molar-refractivity contribution in [1.29, 1.82) is 0 Å². The van der Waals surface area contributed by atoms with E-state index >= 15 is 0 Å². The first-order valence-electron chi connectivity index (χ1n) is 6.19. The molecule has 0 atom stereocenters. The van der Waals surface area contributed by atoms with E-state index in [1.165, 1.54) is 0 Å². The van der Waals surface area contributed by atoms with Gasteiger partial charge in [0.25, 0.3) is 0 Å². The Morgan fingerprint density at radius 3 is 2.53 bits per heavy atom. The number of hydrogen-bond acceptors (Lipinski definition) is 5. The first-order valence-corrected chi connectivity index (χ1v) is 7.01. The summed E-state index contributed by atoms with van der Waals surface area (Å²) in [4.78, 5) is 0.844. The Hall–Kier alpha value is -1.95. The molecule has 0 bridgehead atoms. The zero-order chi connectivity index (χ0) is 13.4. The van der Waals surface area contributed by atoms with Crippen LogP contribution < -0.4 is 5.32 Å². The molecule has 0 saturated heterocycles. The quantitative estimate of drug-likeness (QED) is 0.797. The van der Waals surface area contributed by atoms with Crippen LogP contribution in [0.25, 0.3) is 16.3 Å². The fourth-order valence-electron chi connectivity index (χ4n) is 1.83. The summed E-state index contributed by atoms with van der Waals surface area (Å²) in [6.07, 6.45) is 0. The van der Waals surface area contributed by atoms with E-state index < -0.39 is 0 Å². The van der Waals surface area contributed by atoms with Gasteiger partial charge in [0, 0.05) is 24.2 Å². The number of fused-ring (bicyclic) bond motifs is 1. The van der Waals surface area contributed by atoms with Crippen molar-refractivity contribution in [3.63, 3.8) is 0 Å². The first kappa shape index (κ1) is 12.1. The number of rotatable bonds is 3. The van der Waals surface area contributed by atoms with Gasteiger partial charge in [-0.2, -0.15) is 9.61 Å². The van der Waals surface area contributed by atoms with Crippen molar-refractivity contribution in [1.82, 2.24) is 19.8 Å². The van der Waals surface area contributed by atoms with Crippen LogP contribution in [0.1, 0.15) is 24.8 Å². The van der Waals surface area contributed by atoms with E-state index in [-0.39, 0.29) is 0 Å². The molecule has 0 radical (unpaired) electrons. The van der Waals surface area contributed by atoms with Crippen molar-refractivity contribution >= 4 is 22.0 Å². The molecule has 3 aromatic rings. The first-order chi connectivity index (χ1) is 9.19. The smallest absolute Gasteiger partial charge is 0.234 e. The molecule has 0 amide bonds. The van der Waals surface area contributed by atoms with Crippen LogP contribution in [0.15, 0.2) is 24.3 Å². The normalized spacial score (nSPS) is 11.4. The van der Waals surface area contributed by atoms with Crippen LogP contribution in [0.4, 0.5) is 5.69 Å². The Balaban J connectivity index is 2.08. The Kier molecular flexibility index (Phi) is 2.94. The Bertz CT molecular complexity index is 695. The zero-order valence-corrected chi connectivity index (χ0v) is 11.9. The average molecular weight is 273 g/mol. The van der Waals surface area contributed by atoms with Gasteiger partial charge < -0.3 is 5.32 Å². The van der Waals surface area contributed by atoms with Gasteiger partial charge in [-0.05, 0) is 24.3 Å². The van der Waals surface area contributed by atoms with Gasteiger partial charge in [0.15, 0.2) is 5.82 Å². The van der Waals surface area contributed by atoms with Crippen molar-refractivity contribution in [2.24, 2.45) is 0 Å². The number of nitrogens with zero attached hydrogens (tertiary/aromatic N) is 4. The summed E-state index contributed by atoms with van der Waals surface area (Å²) in [5.41, 5.74) is 2.10. The maximum atomic E-state index is 4.59.